The van der Waals surface area contributed by atoms with Gasteiger partial charge < -0.3 is 0 Å². The van der Waals surface area contributed by atoms with Gasteiger partial charge in [0.25, 0.3) is 0 Å². The second-order valence-electron chi connectivity index (χ2n) is 5.27. The van der Waals surface area contributed by atoms with Crippen LogP contribution in [0.4, 0.5) is 0 Å². The summed E-state index contributed by atoms with van der Waals surface area (Å²) in [5.41, 5.74) is 0.739. The standard InChI is InChI=1S/C10H20.C3H8.2C2H6/c1-5-9-7-10(9,4)6-8(2)3;1-3-2;2*1-2/h8-9H,5-7H2,1-4H3;3H2,1-2H3;2*1-2H3. The third kappa shape index (κ3) is 12.2. The van der Waals surface area contributed by atoms with E-state index in [2.05, 4.69) is 41.5 Å². The summed E-state index contributed by atoms with van der Waals surface area (Å²) >= 11 is 0. The fourth-order valence-corrected chi connectivity index (χ4v) is 2.32. The Balaban J connectivity index is -0.000000239. The number of hydrogen-bond acceptors (Lipinski definition) is 0. The summed E-state index contributed by atoms with van der Waals surface area (Å²) in [5, 5.41) is 0. The van der Waals surface area contributed by atoms with Crippen molar-refractivity contribution >= 4 is 0 Å². The molecule has 0 aliphatic heterocycles. The molecule has 0 spiro atoms. The number of rotatable bonds is 3. The molecule has 0 heteroatoms. The maximum absolute atomic E-state index is 2.45. The molecule has 1 rings (SSSR count). The van der Waals surface area contributed by atoms with Crippen molar-refractivity contribution in [1.29, 1.82) is 0 Å². The minimum atomic E-state index is 0.739. The Hall–Kier alpha value is 0. The zero-order valence-electron chi connectivity index (χ0n) is 14.5. The van der Waals surface area contributed by atoms with E-state index in [1.165, 1.54) is 25.7 Å². The fourth-order valence-electron chi connectivity index (χ4n) is 2.32. The van der Waals surface area contributed by atoms with E-state index in [9.17, 15) is 0 Å². The zero-order chi connectivity index (χ0) is 14.5. The van der Waals surface area contributed by atoms with Gasteiger partial charge in [-0.05, 0) is 30.1 Å². The fraction of sp³-hybridized carbons (Fsp3) is 1.00. The predicted octanol–water partition coefficient (Wildman–Crippen LogP) is 6.94. The third-order valence-electron chi connectivity index (χ3n) is 2.91. The van der Waals surface area contributed by atoms with Gasteiger partial charge in [-0.25, -0.2) is 0 Å². The molecule has 0 aromatic carbocycles. The highest BCUT2D eigenvalue weighted by atomic mass is 14.5. The van der Waals surface area contributed by atoms with Gasteiger partial charge in [0.15, 0.2) is 0 Å². The van der Waals surface area contributed by atoms with E-state index in [1.807, 2.05) is 27.7 Å². The van der Waals surface area contributed by atoms with E-state index < -0.39 is 0 Å². The van der Waals surface area contributed by atoms with Crippen LogP contribution in [0.5, 0.6) is 0 Å². The molecule has 1 fully saturated rings. The van der Waals surface area contributed by atoms with E-state index in [-0.39, 0.29) is 0 Å². The third-order valence-corrected chi connectivity index (χ3v) is 2.91. The molecule has 17 heavy (non-hydrogen) atoms. The molecule has 2 atom stereocenters. The first-order valence-electron chi connectivity index (χ1n) is 8.00. The smallest absolute Gasteiger partial charge is 0.0292 e. The lowest BCUT2D eigenvalue weighted by molar-refractivity contribution is 0.383. The molecule has 0 N–H and O–H groups in total. The van der Waals surface area contributed by atoms with Crippen molar-refractivity contribution in [3.63, 3.8) is 0 Å². The van der Waals surface area contributed by atoms with Gasteiger partial charge in [0, 0.05) is 0 Å². The van der Waals surface area contributed by atoms with Crippen LogP contribution in [0.2, 0.25) is 0 Å². The van der Waals surface area contributed by atoms with Gasteiger partial charge in [0.1, 0.15) is 0 Å². The molecule has 0 bridgehead atoms. The summed E-state index contributed by atoms with van der Waals surface area (Å²) in [7, 11) is 0. The van der Waals surface area contributed by atoms with E-state index in [1.54, 1.807) is 0 Å². The van der Waals surface area contributed by atoms with E-state index in [0.29, 0.717) is 0 Å². The summed E-state index contributed by atoms with van der Waals surface area (Å²) in [6.45, 7) is 21.7. The van der Waals surface area contributed by atoms with Crippen LogP contribution in [0.3, 0.4) is 0 Å². The molecule has 0 saturated heterocycles. The largest absolute Gasteiger partial charge is 0.0683 e. The van der Waals surface area contributed by atoms with Crippen LogP contribution in [-0.4, -0.2) is 0 Å². The van der Waals surface area contributed by atoms with Crippen LogP contribution in [0.25, 0.3) is 0 Å². The molecule has 0 nitrogen and oxygen atoms in total. The molecule has 108 valence electrons. The highest BCUT2D eigenvalue weighted by Crippen LogP contribution is 2.57. The molecule has 1 aliphatic rings. The minimum absolute atomic E-state index is 0.739. The summed E-state index contributed by atoms with van der Waals surface area (Å²) < 4.78 is 0. The van der Waals surface area contributed by atoms with Crippen LogP contribution in [0.1, 0.15) is 94.9 Å². The van der Waals surface area contributed by atoms with Crippen molar-refractivity contribution in [3.05, 3.63) is 0 Å². The lowest BCUT2D eigenvalue weighted by atomic mass is 9.93. The van der Waals surface area contributed by atoms with Crippen LogP contribution >= 0.6 is 0 Å². The lowest BCUT2D eigenvalue weighted by Gasteiger charge is -2.12. The van der Waals surface area contributed by atoms with Crippen molar-refractivity contribution in [3.8, 4) is 0 Å². The van der Waals surface area contributed by atoms with Crippen molar-refractivity contribution in [1.82, 2.24) is 0 Å². The second-order valence-corrected chi connectivity index (χ2v) is 5.27. The maximum Gasteiger partial charge on any atom is -0.0292 e. The van der Waals surface area contributed by atoms with Crippen LogP contribution in [0.15, 0.2) is 0 Å². The molecule has 0 aromatic rings. The molecule has 0 aromatic heterocycles. The second kappa shape index (κ2) is 14.1. The molecular formula is C17H40. The van der Waals surface area contributed by atoms with Gasteiger partial charge in [-0.3, -0.25) is 0 Å². The van der Waals surface area contributed by atoms with Crippen LogP contribution in [-0.2, 0) is 0 Å². The SMILES string of the molecule is CC.CC.CCC.CCC1CC1(C)CC(C)C. The van der Waals surface area contributed by atoms with E-state index >= 15 is 0 Å². The maximum atomic E-state index is 2.45. The minimum Gasteiger partial charge on any atom is -0.0683 e. The summed E-state index contributed by atoms with van der Waals surface area (Å²) in [6, 6.07) is 0. The van der Waals surface area contributed by atoms with Gasteiger partial charge >= 0.3 is 0 Å². The van der Waals surface area contributed by atoms with Crippen molar-refractivity contribution < 1.29 is 0 Å². The Morgan fingerprint density at radius 3 is 1.53 bits per heavy atom. The van der Waals surface area contributed by atoms with Gasteiger partial charge in [-0.15, -0.1) is 0 Å². The summed E-state index contributed by atoms with van der Waals surface area (Å²) in [5.74, 6) is 1.94. The first kappa shape index (κ1) is 22.2. The highest BCUT2D eigenvalue weighted by Gasteiger charge is 2.47. The topological polar surface area (TPSA) is 0 Å². The lowest BCUT2D eigenvalue weighted by Crippen LogP contribution is -2.02. The molecular weight excluding hydrogens is 204 g/mol. The van der Waals surface area contributed by atoms with Crippen LogP contribution in [0, 0.1) is 17.3 Å². The van der Waals surface area contributed by atoms with Gasteiger partial charge in [-0.2, -0.15) is 0 Å². The van der Waals surface area contributed by atoms with E-state index in [0.717, 1.165) is 17.3 Å². The first-order chi connectivity index (χ1) is 8.00. The Kier molecular flexibility index (Phi) is 18.4. The summed E-state index contributed by atoms with van der Waals surface area (Å²) in [4.78, 5) is 0. The van der Waals surface area contributed by atoms with Crippen molar-refractivity contribution in [2.75, 3.05) is 0 Å². The van der Waals surface area contributed by atoms with Gasteiger partial charge in [-0.1, -0.05) is 82.1 Å². The average Bonchev–Trinajstić information content (AvgIpc) is 2.94. The van der Waals surface area contributed by atoms with E-state index in [4.69, 9.17) is 0 Å². The molecule has 0 amide bonds. The Labute approximate surface area is 113 Å². The first-order valence-corrected chi connectivity index (χ1v) is 8.00. The molecule has 0 radical (unpaired) electrons. The molecule has 0 heterocycles. The van der Waals surface area contributed by atoms with Gasteiger partial charge in [0.05, 0.1) is 0 Å². The molecule has 2 unspecified atom stereocenters. The van der Waals surface area contributed by atoms with Crippen molar-refractivity contribution in [2.45, 2.75) is 94.9 Å². The molecule has 1 saturated carbocycles. The number of hydrogen-bond donors (Lipinski definition) is 0. The molecule has 1 aliphatic carbocycles. The average molecular weight is 245 g/mol. The monoisotopic (exact) mass is 244 g/mol. The van der Waals surface area contributed by atoms with Crippen LogP contribution < -0.4 is 0 Å². The predicted molar refractivity (Wildman–Crippen MR) is 84.6 cm³/mol. The van der Waals surface area contributed by atoms with Gasteiger partial charge in [0.2, 0.25) is 0 Å². The summed E-state index contributed by atoms with van der Waals surface area (Å²) in [6.07, 6.45) is 5.57. The Bertz CT molecular complexity index is 126. The Morgan fingerprint density at radius 2 is 1.35 bits per heavy atom. The highest BCUT2D eigenvalue weighted by molar-refractivity contribution is 4.97. The zero-order valence-corrected chi connectivity index (χ0v) is 14.5. The quantitative estimate of drug-likeness (QED) is 0.504. The Morgan fingerprint density at radius 1 is 1.00 bits per heavy atom. The van der Waals surface area contributed by atoms with Crippen molar-refractivity contribution in [2.24, 2.45) is 17.3 Å². The normalized spacial score (nSPS) is 24.5.